The Morgan fingerprint density at radius 2 is 1.71 bits per heavy atom. The number of hydrogen-bond donors (Lipinski definition) is 0. The van der Waals surface area contributed by atoms with Crippen LogP contribution in [0.3, 0.4) is 0 Å². The minimum Gasteiger partial charge on any atom is -0.468 e. The molecule has 0 unspecified atom stereocenters. The number of rotatable bonds is 6. The predicted molar refractivity (Wildman–Crippen MR) is 73.9 cm³/mol. The Morgan fingerprint density at radius 1 is 1.19 bits per heavy atom. The Hall–Kier alpha value is -2.16. The van der Waals surface area contributed by atoms with Crippen molar-refractivity contribution in [3.05, 3.63) is 20.7 Å². The Morgan fingerprint density at radius 3 is 2.10 bits per heavy atom. The van der Waals surface area contributed by atoms with Crippen LogP contribution in [0.4, 0.5) is 0 Å². The maximum atomic E-state index is 12.2. The van der Waals surface area contributed by atoms with Crippen LogP contribution in [0.1, 0.15) is 5.69 Å². The van der Waals surface area contributed by atoms with Gasteiger partial charge in [-0.2, -0.15) is 0 Å². The van der Waals surface area contributed by atoms with Crippen LogP contribution in [-0.2, 0) is 30.4 Å². The molecule has 8 nitrogen and oxygen atoms in total. The van der Waals surface area contributed by atoms with Gasteiger partial charge in [-0.25, -0.2) is 0 Å². The second-order valence-electron chi connectivity index (χ2n) is 4.13. The average Bonchev–Trinajstić information content (AvgIpc) is 2.77. The van der Waals surface area contributed by atoms with E-state index in [2.05, 4.69) is 9.47 Å². The van der Waals surface area contributed by atoms with E-state index in [9.17, 15) is 19.2 Å². The topological polar surface area (TPSA) is 94.9 Å². The van der Waals surface area contributed by atoms with Crippen LogP contribution in [-0.4, -0.2) is 54.6 Å². The van der Waals surface area contributed by atoms with Crippen molar-refractivity contribution in [3.63, 3.8) is 0 Å². The molecule has 1 amide bonds. The average molecular weight is 316 g/mol. The highest BCUT2D eigenvalue weighted by molar-refractivity contribution is 7.07. The molecule has 0 bridgehead atoms. The lowest BCUT2D eigenvalue weighted by molar-refractivity contribution is -0.152. The van der Waals surface area contributed by atoms with E-state index in [4.69, 9.17) is 0 Å². The number of methoxy groups -OCH3 is 2. The summed E-state index contributed by atoms with van der Waals surface area (Å²) < 4.78 is 10.2. The van der Waals surface area contributed by atoms with E-state index < -0.39 is 17.8 Å². The van der Waals surface area contributed by atoms with Crippen LogP contribution in [0.25, 0.3) is 0 Å². The third-order valence-corrected chi connectivity index (χ3v) is 3.60. The first-order valence-electron chi connectivity index (χ1n) is 5.95. The molecule has 0 atom stereocenters. The molecule has 0 saturated heterocycles. The van der Waals surface area contributed by atoms with Gasteiger partial charge in [0.25, 0.3) is 0 Å². The zero-order chi connectivity index (χ0) is 16.0. The highest BCUT2D eigenvalue weighted by Gasteiger charge is 2.22. The van der Waals surface area contributed by atoms with E-state index in [1.54, 1.807) is 12.3 Å². The molecular weight excluding hydrogens is 300 g/mol. The Bertz CT molecular complexity index is 573. The smallest absolute Gasteiger partial charge is 0.325 e. The van der Waals surface area contributed by atoms with Gasteiger partial charge in [0.2, 0.25) is 5.91 Å². The molecule has 0 aliphatic carbocycles. The summed E-state index contributed by atoms with van der Waals surface area (Å²) in [4.78, 5) is 47.1. The first-order chi connectivity index (χ1) is 9.88. The van der Waals surface area contributed by atoms with Gasteiger partial charge in [0, 0.05) is 11.1 Å². The highest BCUT2D eigenvalue weighted by Crippen LogP contribution is 2.02. The zero-order valence-corrected chi connectivity index (χ0v) is 12.8. The lowest BCUT2D eigenvalue weighted by Gasteiger charge is -2.20. The van der Waals surface area contributed by atoms with Crippen LogP contribution in [0.5, 0.6) is 0 Å². The van der Waals surface area contributed by atoms with E-state index >= 15 is 0 Å². The van der Waals surface area contributed by atoms with Crippen molar-refractivity contribution in [1.82, 2.24) is 9.47 Å². The van der Waals surface area contributed by atoms with Crippen molar-refractivity contribution in [2.75, 3.05) is 27.3 Å². The van der Waals surface area contributed by atoms with Crippen molar-refractivity contribution >= 4 is 29.2 Å². The second kappa shape index (κ2) is 7.58. The lowest BCUT2D eigenvalue weighted by atomic mass is 10.4. The number of esters is 2. The maximum Gasteiger partial charge on any atom is 0.325 e. The number of nitrogens with zero attached hydrogens (tertiary/aromatic N) is 2. The first-order valence-corrected chi connectivity index (χ1v) is 6.83. The minimum absolute atomic E-state index is 0.248. The summed E-state index contributed by atoms with van der Waals surface area (Å²) in [6.45, 7) is 0.670. The fraction of sp³-hybridized carbons (Fsp3) is 0.500. The fourth-order valence-corrected chi connectivity index (χ4v) is 2.24. The van der Waals surface area contributed by atoms with E-state index in [1.807, 2.05) is 0 Å². The number of ether oxygens (including phenoxy) is 2. The van der Waals surface area contributed by atoms with Gasteiger partial charge in [0.15, 0.2) is 0 Å². The van der Waals surface area contributed by atoms with Crippen LogP contribution in [0.15, 0.2) is 10.2 Å². The summed E-state index contributed by atoms with van der Waals surface area (Å²) in [5.41, 5.74) is 0.634. The summed E-state index contributed by atoms with van der Waals surface area (Å²) in [5.74, 6) is -1.88. The fourth-order valence-electron chi connectivity index (χ4n) is 1.50. The molecule has 0 N–H and O–H groups in total. The van der Waals surface area contributed by atoms with Gasteiger partial charge in [-0.05, 0) is 6.92 Å². The van der Waals surface area contributed by atoms with E-state index in [1.165, 1.54) is 18.8 Å². The SMILES string of the molecule is COC(=O)CN(CC(=O)OC)C(=O)Cn1c(C)csc1=O. The molecule has 0 spiro atoms. The molecule has 9 heteroatoms. The standard InChI is InChI=1S/C12H16N2O6S/c1-8-7-21-12(18)14(8)4-9(15)13(5-10(16)19-2)6-11(17)20-3/h7H,4-6H2,1-3H3. The summed E-state index contributed by atoms with van der Waals surface area (Å²) in [7, 11) is 2.35. The third kappa shape index (κ3) is 4.71. The lowest BCUT2D eigenvalue weighted by Crippen LogP contribution is -2.42. The van der Waals surface area contributed by atoms with Crippen LogP contribution < -0.4 is 4.87 Å². The summed E-state index contributed by atoms with van der Waals surface area (Å²) >= 11 is 0.975. The number of aryl methyl sites for hydroxylation is 1. The quantitative estimate of drug-likeness (QED) is 0.650. The Labute approximate surface area is 124 Å². The van der Waals surface area contributed by atoms with Crippen LogP contribution in [0, 0.1) is 6.92 Å². The third-order valence-electron chi connectivity index (χ3n) is 2.72. The molecule has 21 heavy (non-hydrogen) atoms. The van der Waals surface area contributed by atoms with Crippen molar-refractivity contribution in [2.45, 2.75) is 13.5 Å². The molecule has 1 aromatic heterocycles. The predicted octanol–water partition coefficient (Wildman–Crippen LogP) is -0.607. The van der Waals surface area contributed by atoms with Gasteiger partial charge in [0.05, 0.1) is 14.2 Å². The van der Waals surface area contributed by atoms with Gasteiger partial charge in [0.1, 0.15) is 19.6 Å². The summed E-state index contributed by atoms with van der Waals surface area (Å²) in [6, 6.07) is 0. The number of carbonyl (C=O) groups excluding carboxylic acids is 3. The van der Waals surface area contributed by atoms with Gasteiger partial charge in [-0.1, -0.05) is 11.3 Å². The largest absolute Gasteiger partial charge is 0.468 e. The number of aromatic nitrogens is 1. The van der Waals surface area contributed by atoms with Gasteiger partial charge in [-0.3, -0.25) is 23.7 Å². The van der Waals surface area contributed by atoms with Crippen LogP contribution >= 0.6 is 11.3 Å². The van der Waals surface area contributed by atoms with Crippen molar-refractivity contribution in [3.8, 4) is 0 Å². The van der Waals surface area contributed by atoms with Crippen molar-refractivity contribution in [1.29, 1.82) is 0 Å². The Kier molecular flexibility index (Phi) is 6.10. The van der Waals surface area contributed by atoms with E-state index in [-0.39, 0.29) is 24.5 Å². The molecule has 0 aromatic carbocycles. The summed E-state index contributed by atoms with van der Waals surface area (Å²) in [6.07, 6.45) is 0. The molecular formula is C12H16N2O6S. The normalized spacial score (nSPS) is 10.0. The summed E-state index contributed by atoms with van der Waals surface area (Å²) in [5, 5.41) is 1.63. The molecule has 0 radical (unpaired) electrons. The number of hydrogen-bond acceptors (Lipinski definition) is 7. The minimum atomic E-state index is -0.665. The first kappa shape index (κ1) is 16.9. The van der Waals surface area contributed by atoms with Crippen molar-refractivity contribution < 1.29 is 23.9 Å². The molecule has 0 fully saturated rings. The molecule has 0 aliphatic heterocycles. The molecule has 1 rings (SSSR count). The highest BCUT2D eigenvalue weighted by atomic mass is 32.1. The molecule has 0 aliphatic rings. The van der Waals surface area contributed by atoms with Gasteiger partial charge >= 0.3 is 16.8 Å². The molecule has 0 saturated carbocycles. The maximum absolute atomic E-state index is 12.2. The molecule has 116 valence electrons. The van der Waals surface area contributed by atoms with E-state index in [0.29, 0.717) is 5.69 Å². The second-order valence-corrected chi connectivity index (χ2v) is 4.95. The van der Waals surface area contributed by atoms with Crippen LogP contribution in [0.2, 0.25) is 0 Å². The van der Waals surface area contributed by atoms with Gasteiger partial charge < -0.3 is 14.4 Å². The molecule has 1 aromatic rings. The Balaban J connectivity index is 2.86. The number of carbonyl (C=O) groups is 3. The molecule has 1 heterocycles. The van der Waals surface area contributed by atoms with E-state index in [0.717, 1.165) is 16.2 Å². The van der Waals surface area contributed by atoms with Gasteiger partial charge in [-0.15, -0.1) is 0 Å². The number of amides is 1. The number of thiazole rings is 1. The monoisotopic (exact) mass is 316 g/mol. The van der Waals surface area contributed by atoms with Crippen molar-refractivity contribution in [2.24, 2.45) is 0 Å². The zero-order valence-electron chi connectivity index (χ0n) is 12.0.